The summed E-state index contributed by atoms with van der Waals surface area (Å²) in [6, 6.07) is 0. The van der Waals surface area contributed by atoms with Crippen LogP contribution in [-0.4, -0.2) is 18.1 Å². The second-order valence-corrected chi connectivity index (χ2v) is 5.38. The van der Waals surface area contributed by atoms with Gasteiger partial charge in [0, 0.05) is 18.8 Å². The van der Waals surface area contributed by atoms with Crippen LogP contribution in [0.2, 0.25) is 0 Å². The number of nitrogens with one attached hydrogen (secondary N) is 1. The minimum absolute atomic E-state index is 0.0776. The maximum atomic E-state index is 5.86. The van der Waals surface area contributed by atoms with Crippen LogP contribution in [0.5, 0.6) is 5.75 Å². The maximum Gasteiger partial charge on any atom is 0.161 e. The Hall–Kier alpha value is -1.25. The van der Waals surface area contributed by atoms with Gasteiger partial charge in [-0.25, -0.2) is 0 Å². The van der Waals surface area contributed by atoms with Crippen molar-refractivity contribution >= 4 is 5.69 Å². The molecule has 1 aliphatic rings. The zero-order chi connectivity index (χ0) is 11.8. The number of hydrogen-bond acceptors (Lipinski definition) is 3. The zero-order valence-electron chi connectivity index (χ0n) is 10.5. The van der Waals surface area contributed by atoms with Crippen LogP contribution < -0.4 is 10.1 Å². The average molecular weight is 220 g/mol. The van der Waals surface area contributed by atoms with E-state index in [0.29, 0.717) is 6.10 Å². The van der Waals surface area contributed by atoms with Crippen LogP contribution in [-0.2, 0) is 5.41 Å². The Morgan fingerprint density at radius 2 is 2.00 bits per heavy atom. The normalized spacial score (nSPS) is 16.0. The Bertz CT molecular complexity index is 378. The van der Waals surface area contributed by atoms with E-state index in [1.165, 1.54) is 18.4 Å². The number of aromatic nitrogens is 1. The average Bonchev–Trinajstić information content (AvgIpc) is 3.00. The van der Waals surface area contributed by atoms with E-state index >= 15 is 0 Å². The van der Waals surface area contributed by atoms with Crippen molar-refractivity contribution in [3.8, 4) is 5.75 Å². The highest BCUT2D eigenvalue weighted by molar-refractivity contribution is 5.62. The van der Waals surface area contributed by atoms with Crippen molar-refractivity contribution in [1.82, 2.24) is 4.98 Å². The van der Waals surface area contributed by atoms with E-state index < -0.39 is 0 Å². The summed E-state index contributed by atoms with van der Waals surface area (Å²) in [5.74, 6) is 0.887. The Kier molecular flexibility index (Phi) is 2.78. The minimum Gasteiger partial charge on any atom is -0.487 e. The number of ether oxygens (including phenoxy) is 1. The molecule has 0 atom stereocenters. The van der Waals surface area contributed by atoms with Crippen LogP contribution in [0.4, 0.5) is 5.69 Å². The van der Waals surface area contributed by atoms with E-state index in [4.69, 9.17) is 4.74 Å². The van der Waals surface area contributed by atoms with Crippen LogP contribution in [0.3, 0.4) is 0 Å². The predicted molar refractivity (Wildman–Crippen MR) is 66.1 cm³/mol. The summed E-state index contributed by atoms with van der Waals surface area (Å²) in [4.78, 5) is 4.28. The Balaban J connectivity index is 2.37. The first kappa shape index (κ1) is 11.2. The molecule has 0 saturated heterocycles. The van der Waals surface area contributed by atoms with Gasteiger partial charge in [0.2, 0.25) is 0 Å². The first-order valence-corrected chi connectivity index (χ1v) is 5.85. The van der Waals surface area contributed by atoms with Crippen molar-refractivity contribution in [3.63, 3.8) is 0 Å². The lowest BCUT2D eigenvalue weighted by atomic mass is 9.87. The summed E-state index contributed by atoms with van der Waals surface area (Å²) in [5.41, 5.74) is 2.36. The molecule has 0 bridgehead atoms. The molecule has 1 aromatic heterocycles. The van der Waals surface area contributed by atoms with Crippen molar-refractivity contribution in [3.05, 3.63) is 18.0 Å². The minimum atomic E-state index is 0.0776. The second kappa shape index (κ2) is 3.96. The third kappa shape index (κ3) is 2.29. The Morgan fingerprint density at radius 3 is 2.50 bits per heavy atom. The van der Waals surface area contributed by atoms with Gasteiger partial charge in [0.05, 0.1) is 18.0 Å². The predicted octanol–water partition coefficient (Wildman–Crippen LogP) is 2.96. The van der Waals surface area contributed by atoms with E-state index in [9.17, 15) is 0 Å². The molecular formula is C13H20N2O. The molecule has 16 heavy (non-hydrogen) atoms. The van der Waals surface area contributed by atoms with Crippen molar-refractivity contribution in [2.24, 2.45) is 0 Å². The molecule has 88 valence electrons. The molecule has 1 heterocycles. The molecular weight excluding hydrogens is 200 g/mol. The number of hydrogen-bond donors (Lipinski definition) is 1. The van der Waals surface area contributed by atoms with E-state index in [1.54, 1.807) is 6.20 Å². The van der Waals surface area contributed by atoms with Gasteiger partial charge in [-0.3, -0.25) is 4.98 Å². The lowest BCUT2D eigenvalue weighted by molar-refractivity contribution is 0.302. The van der Waals surface area contributed by atoms with Crippen LogP contribution in [0.1, 0.15) is 39.2 Å². The fourth-order valence-corrected chi connectivity index (χ4v) is 1.72. The molecule has 0 aromatic carbocycles. The van der Waals surface area contributed by atoms with Gasteiger partial charge in [0.25, 0.3) is 0 Å². The lowest BCUT2D eigenvalue weighted by Gasteiger charge is -2.23. The molecule has 0 amide bonds. The Morgan fingerprint density at radius 1 is 1.31 bits per heavy atom. The molecule has 0 unspecified atom stereocenters. The van der Waals surface area contributed by atoms with Gasteiger partial charge in [-0.15, -0.1) is 0 Å². The summed E-state index contributed by atoms with van der Waals surface area (Å²) in [6.45, 7) is 6.56. The van der Waals surface area contributed by atoms with Crippen LogP contribution in [0.15, 0.2) is 12.4 Å². The fraction of sp³-hybridized carbons (Fsp3) is 0.615. The molecule has 0 spiro atoms. The van der Waals surface area contributed by atoms with Crippen LogP contribution in [0.25, 0.3) is 0 Å². The van der Waals surface area contributed by atoms with Crippen molar-refractivity contribution in [1.29, 1.82) is 0 Å². The first-order chi connectivity index (χ1) is 7.52. The van der Waals surface area contributed by atoms with E-state index in [0.717, 1.165) is 11.4 Å². The molecule has 3 nitrogen and oxygen atoms in total. The molecule has 1 N–H and O–H groups in total. The summed E-state index contributed by atoms with van der Waals surface area (Å²) >= 11 is 0. The molecule has 3 heteroatoms. The highest BCUT2D eigenvalue weighted by Gasteiger charge is 2.27. The molecule has 2 rings (SSSR count). The maximum absolute atomic E-state index is 5.86. The number of nitrogens with zero attached hydrogens (tertiary/aromatic N) is 1. The number of anilines is 1. The lowest BCUT2D eigenvalue weighted by Crippen LogP contribution is -2.15. The standard InChI is InChI=1S/C13H20N2O/c1-13(2,3)10-7-15-8-11(12(10)14-4)16-9-5-6-9/h7-9H,5-6H2,1-4H3,(H,14,15). The summed E-state index contributed by atoms with van der Waals surface area (Å²) in [6.07, 6.45) is 6.47. The molecule has 1 fully saturated rings. The van der Waals surface area contributed by atoms with Crippen molar-refractivity contribution in [2.75, 3.05) is 12.4 Å². The van der Waals surface area contributed by atoms with Gasteiger partial charge in [-0.05, 0) is 18.3 Å². The van der Waals surface area contributed by atoms with Gasteiger partial charge in [-0.2, -0.15) is 0 Å². The Labute approximate surface area is 97.2 Å². The molecule has 1 aliphatic carbocycles. The van der Waals surface area contributed by atoms with Gasteiger partial charge in [0.15, 0.2) is 5.75 Å². The fourth-order valence-electron chi connectivity index (χ4n) is 1.72. The van der Waals surface area contributed by atoms with Gasteiger partial charge >= 0.3 is 0 Å². The first-order valence-electron chi connectivity index (χ1n) is 5.85. The zero-order valence-corrected chi connectivity index (χ0v) is 10.5. The topological polar surface area (TPSA) is 34.1 Å². The van der Waals surface area contributed by atoms with Crippen LogP contribution in [0, 0.1) is 0 Å². The smallest absolute Gasteiger partial charge is 0.161 e. The van der Waals surface area contributed by atoms with Crippen molar-refractivity contribution in [2.45, 2.75) is 45.1 Å². The third-order valence-electron chi connectivity index (χ3n) is 2.79. The largest absolute Gasteiger partial charge is 0.487 e. The van der Waals surface area contributed by atoms with E-state index in [2.05, 4.69) is 31.1 Å². The molecule has 1 aromatic rings. The SMILES string of the molecule is CNc1c(OC2CC2)cncc1C(C)(C)C. The number of rotatable bonds is 3. The summed E-state index contributed by atoms with van der Waals surface area (Å²) < 4.78 is 5.86. The monoisotopic (exact) mass is 220 g/mol. The number of pyridine rings is 1. The van der Waals surface area contributed by atoms with E-state index in [-0.39, 0.29) is 5.41 Å². The summed E-state index contributed by atoms with van der Waals surface area (Å²) in [5, 5.41) is 3.24. The van der Waals surface area contributed by atoms with Gasteiger partial charge < -0.3 is 10.1 Å². The van der Waals surface area contributed by atoms with Crippen molar-refractivity contribution < 1.29 is 4.74 Å². The second-order valence-electron chi connectivity index (χ2n) is 5.38. The third-order valence-corrected chi connectivity index (χ3v) is 2.79. The quantitative estimate of drug-likeness (QED) is 0.850. The van der Waals surface area contributed by atoms with Gasteiger partial charge in [-0.1, -0.05) is 20.8 Å². The summed E-state index contributed by atoms with van der Waals surface area (Å²) in [7, 11) is 1.93. The molecule has 0 radical (unpaired) electrons. The van der Waals surface area contributed by atoms with Gasteiger partial charge in [0.1, 0.15) is 0 Å². The highest BCUT2D eigenvalue weighted by Crippen LogP contribution is 2.37. The van der Waals surface area contributed by atoms with Crippen LogP contribution >= 0.6 is 0 Å². The van der Waals surface area contributed by atoms with E-state index in [1.807, 2.05) is 13.2 Å². The highest BCUT2D eigenvalue weighted by atomic mass is 16.5. The molecule has 0 aliphatic heterocycles. The molecule has 1 saturated carbocycles.